The second-order valence-corrected chi connectivity index (χ2v) is 7.72. The fourth-order valence-corrected chi connectivity index (χ4v) is 3.89. The van der Waals surface area contributed by atoms with E-state index in [-0.39, 0.29) is 18.1 Å². The summed E-state index contributed by atoms with van der Waals surface area (Å²) in [6.07, 6.45) is 6.88. The fourth-order valence-electron chi connectivity index (χ4n) is 3.89. The van der Waals surface area contributed by atoms with E-state index in [2.05, 4.69) is 20.4 Å². The molecule has 2 N–H and O–H groups in total. The Hall–Kier alpha value is -1.47. The van der Waals surface area contributed by atoms with Gasteiger partial charge in [0.05, 0.1) is 12.1 Å². The van der Waals surface area contributed by atoms with Crippen LogP contribution in [0.5, 0.6) is 0 Å². The highest BCUT2D eigenvalue weighted by Crippen LogP contribution is 2.38. The van der Waals surface area contributed by atoms with Gasteiger partial charge >= 0.3 is 0 Å². The van der Waals surface area contributed by atoms with Gasteiger partial charge in [-0.1, -0.05) is 0 Å². The molecule has 0 aromatic carbocycles. The van der Waals surface area contributed by atoms with Crippen LogP contribution in [0.2, 0.25) is 0 Å². The summed E-state index contributed by atoms with van der Waals surface area (Å²) in [5.41, 5.74) is 0. The second-order valence-electron chi connectivity index (χ2n) is 7.72. The van der Waals surface area contributed by atoms with E-state index in [4.69, 9.17) is 9.72 Å². The Bertz CT molecular complexity index is 586. The largest absolute Gasteiger partial charge is 0.376 e. The number of carbonyl (C=O) groups is 1. The van der Waals surface area contributed by atoms with Crippen molar-refractivity contribution < 1.29 is 9.53 Å². The third-order valence-electron chi connectivity index (χ3n) is 5.83. The van der Waals surface area contributed by atoms with Gasteiger partial charge in [-0.2, -0.15) is 5.10 Å². The molecule has 2 atom stereocenters. The number of ether oxygens (including phenoxy) is 1. The van der Waals surface area contributed by atoms with Crippen molar-refractivity contribution in [3.63, 3.8) is 0 Å². The van der Waals surface area contributed by atoms with Crippen molar-refractivity contribution in [3.8, 4) is 0 Å². The standard InChI is InChI=1S/C18H29N5O2/c1-12(18(24)19-11-15-3-2-10-25-15)23-8-6-14(7-9-23)17-20-16(21-22-17)13-4-5-13/h12-15H,2-11H2,1H3,(H,19,24)(H,20,21,22). The van der Waals surface area contributed by atoms with E-state index in [1.54, 1.807) is 0 Å². The van der Waals surface area contributed by atoms with E-state index in [0.717, 1.165) is 57.0 Å². The number of aromatic nitrogens is 3. The van der Waals surface area contributed by atoms with Gasteiger partial charge in [-0.15, -0.1) is 0 Å². The van der Waals surface area contributed by atoms with Crippen LogP contribution in [-0.2, 0) is 9.53 Å². The third kappa shape index (κ3) is 4.03. The van der Waals surface area contributed by atoms with Gasteiger partial charge in [-0.05, 0) is 58.5 Å². The highest BCUT2D eigenvalue weighted by atomic mass is 16.5. The minimum absolute atomic E-state index is 0.0842. The van der Waals surface area contributed by atoms with Crippen molar-refractivity contribution in [2.24, 2.45) is 0 Å². The molecule has 7 nitrogen and oxygen atoms in total. The van der Waals surface area contributed by atoms with E-state index < -0.39 is 0 Å². The monoisotopic (exact) mass is 347 g/mol. The van der Waals surface area contributed by atoms with Crippen LogP contribution in [0.25, 0.3) is 0 Å². The topological polar surface area (TPSA) is 83.1 Å². The average Bonchev–Trinajstić information content (AvgIpc) is 3.15. The second kappa shape index (κ2) is 7.41. The number of hydrogen-bond acceptors (Lipinski definition) is 5. The molecular formula is C18H29N5O2. The quantitative estimate of drug-likeness (QED) is 0.816. The SMILES string of the molecule is CC(C(=O)NCC1CCCO1)N1CCC(c2nc(C3CC3)n[nH]2)CC1. The van der Waals surface area contributed by atoms with E-state index >= 15 is 0 Å². The van der Waals surface area contributed by atoms with E-state index in [1.807, 2.05) is 6.92 Å². The number of amides is 1. The van der Waals surface area contributed by atoms with Gasteiger partial charge in [0.1, 0.15) is 5.82 Å². The van der Waals surface area contributed by atoms with Crippen molar-refractivity contribution in [2.45, 2.75) is 69.4 Å². The lowest BCUT2D eigenvalue weighted by Gasteiger charge is -2.34. The molecule has 2 unspecified atom stereocenters. The lowest BCUT2D eigenvalue weighted by Crippen LogP contribution is -2.49. The average molecular weight is 347 g/mol. The predicted octanol–water partition coefficient (Wildman–Crippen LogP) is 1.55. The number of nitrogens with zero attached hydrogens (tertiary/aromatic N) is 3. The molecule has 138 valence electrons. The van der Waals surface area contributed by atoms with Crippen molar-refractivity contribution >= 4 is 5.91 Å². The molecule has 1 aliphatic carbocycles. The highest BCUT2D eigenvalue weighted by molar-refractivity contribution is 5.81. The summed E-state index contributed by atoms with van der Waals surface area (Å²) in [5, 5.41) is 10.6. The summed E-state index contributed by atoms with van der Waals surface area (Å²) in [6.45, 7) is 5.33. The summed E-state index contributed by atoms with van der Waals surface area (Å²) >= 11 is 0. The number of likely N-dealkylation sites (tertiary alicyclic amines) is 1. The molecule has 3 aliphatic rings. The minimum Gasteiger partial charge on any atom is -0.376 e. The molecule has 4 rings (SSSR count). The minimum atomic E-state index is -0.0842. The Morgan fingerprint density at radius 1 is 1.28 bits per heavy atom. The summed E-state index contributed by atoms with van der Waals surface area (Å²) in [5.74, 6) is 3.19. The first-order valence-electron chi connectivity index (χ1n) is 9.76. The highest BCUT2D eigenvalue weighted by Gasteiger charge is 2.31. The molecule has 1 amide bonds. The lowest BCUT2D eigenvalue weighted by atomic mass is 9.95. The Kier molecular flexibility index (Phi) is 5.03. The molecule has 0 spiro atoms. The number of rotatable bonds is 6. The summed E-state index contributed by atoms with van der Waals surface area (Å²) < 4.78 is 5.57. The zero-order valence-corrected chi connectivity index (χ0v) is 15.0. The maximum absolute atomic E-state index is 12.4. The number of nitrogens with one attached hydrogen (secondary N) is 2. The molecule has 2 saturated heterocycles. The van der Waals surface area contributed by atoms with Gasteiger partial charge in [-0.25, -0.2) is 4.98 Å². The number of piperidine rings is 1. The van der Waals surface area contributed by atoms with Crippen LogP contribution in [0.3, 0.4) is 0 Å². The van der Waals surface area contributed by atoms with Crippen LogP contribution >= 0.6 is 0 Å². The van der Waals surface area contributed by atoms with Crippen molar-refractivity contribution in [1.29, 1.82) is 0 Å². The van der Waals surface area contributed by atoms with Gasteiger partial charge in [0.25, 0.3) is 0 Å². The molecule has 1 aromatic heterocycles. The molecule has 1 aromatic rings. The van der Waals surface area contributed by atoms with E-state index in [1.165, 1.54) is 12.8 Å². The maximum atomic E-state index is 12.4. The van der Waals surface area contributed by atoms with Crippen molar-refractivity contribution in [3.05, 3.63) is 11.6 Å². The molecule has 25 heavy (non-hydrogen) atoms. The molecule has 1 saturated carbocycles. The zero-order chi connectivity index (χ0) is 17.2. The molecule has 3 heterocycles. The van der Waals surface area contributed by atoms with Gasteiger partial charge in [0.15, 0.2) is 5.82 Å². The van der Waals surface area contributed by atoms with Crippen LogP contribution in [0, 0.1) is 0 Å². The normalized spacial score (nSPS) is 26.7. The van der Waals surface area contributed by atoms with Gasteiger partial charge in [0, 0.05) is 25.0 Å². The van der Waals surface area contributed by atoms with Crippen LogP contribution in [0.1, 0.15) is 68.9 Å². The molecule has 2 aliphatic heterocycles. The van der Waals surface area contributed by atoms with Gasteiger partial charge in [0.2, 0.25) is 5.91 Å². The number of aromatic amines is 1. The Morgan fingerprint density at radius 2 is 2.08 bits per heavy atom. The molecule has 3 fully saturated rings. The fraction of sp³-hybridized carbons (Fsp3) is 0.833. The zero-order valence-electron chi connectivity index (χ0n) is 15.0. The Labute approximate surface area is 148 Å². The molecule has 0 radical (unpaired) electrons. The summed E-state index contributed by atoms with van der Waals surface area (Å²) in [4.78, 5) is 19.4. The van der Waals surface area contributed by atoms with Crippen LogP contribution < -0.4 is 5.32 Å². The molecular weight excluding hydrogens is 318 g/mol. The van der Waals surface area contributed by atoms with Crippen molar-refractivity contribution in [2.75, 3.05) is 26.2 Å². The number of carbonyl (C=O) groups excluding carboxylic acids is 1. The first-order chi connectivity index (χ1) is 12.2. The van der Waals surface area contributed by atoms with E-state index in [0.29, 0.717) is 18.4 Å². The van der Waals surface area contributed by atoms with Crippen LogP contribution in [0.15, 0.2) is 0 Å². The maximum Gasteiger partial charge on any atom is 0.237 e. The lowest BCUT2D eigenvalue weighted by molar-refractivity contribution is -0.126. The third-order valence-corrected chi connectivity index (χ3v) is 5.83. The first kappa shape index (κ1) is 17.0. The van der Waals surface area contributed by atoms with Crippen LogP contribution in [0.4, 0.5) is 0 Å². The molecule has 7 heteroatoms. The first-order valence-corrected chi connectivity index (χ1v) is 9.76. The smallest absolute Gasteiger partial charge is 0.237 e. The Balaban J connectivity index is 1.23. The van der Waals surface area contributed by atoms with Crippen LogP contribution in [-0.4, -0.2) is 64.4 Å². The van der Waals surface area contributed by atoms with Crippen molar-refractivity contribution in [1.82, 2.24) is 25.4 Å². The van der Waals surface area contributed by atoms with Gasteiger partial charge < -0.3 is 10.1 Å². The van der Waals surface area contributed by atoms with Gasteiger partial charge in [-0.3, -0.25) is 14.8 Å². The number of H-pyrrole nitrogens is 1. The summed E-state index contributed by atoms with van der Waals surface area (Å²) in [7, 11) is 0. The van der Waals surface area contributed by atoms with E-state index in [9.17, 15) is 4.79 Å². The summed E-state index contributed by atoms with van der Waals surface area (Å²) in [6, 6.07) is -0.0842. The Morgan fingerprint density at radius 3 is 2.76 bits per heavy atom. The number of hydrogen-bond donors (Lipinski definition) is 2. The predicted molar refractivity (Wildman–Crippen MR) is 93.4 cm³/mol. The molecule has 0 bridgehead atoms.